The predicted octanol–water partition coefficient (Wildman–Crippen LogP) is 2.79. The van der Waals surface area contributed by atoms with E-state index in [1.807, 2.05) is 0 Å². The molecule has 1 aromatic heterocycles. The van der Waals surface area contributed by atoms with Crippen molar-refractivity contribution in [2.75, 3.05) is 11.9 Å². The van der Waals surface area contributed by atoms with Crippen LogP contribution in [0.2, 0.25) is 5.02 Å². The van der Waals surface area contributed by atoms with Crippen molar-refractivity contribution in [1.82, 2.24) is 8.75 Å². The molecule has 2 N–H and O–H groups in total. The molecule has 0 saturated carbocycles. The van der Waals surface area contributed by atoms with Gasteiger partial charge in [0.1, 0.15) is 11.0 Å². The van der Waals surface area contributed by atoms with E-state index >= 15 is 0 Å². The molecule has 0 aliphatic rings. The summed E-state index contributed by atoms with van der Waals surface area (Å²) < 4.78 is 8.29. The minimum absolute atomic E-state index is 0.392. The van der Waals surface area contributed by atoms with Crippen LogP contribution in [0.1, 0.15) is 6.92 Å². The second kappa shape index (κ2) is 5.32. The van der Waals surface area contributed by atoms with E-state index in [-0.39, 0.29) is 0 Å². The summed E-state index contributed by atoms with van der Waals surface area (Å²) in [7, 11) is 0. The highest BCUT2D eigenvalue weighted by molar-refractivity contribution is 7.00. The van der Waals surface area contributed by atoms with Gasteiger partial charge in [-0.15, -0.1) is 0 Å². The Bertz CT molecular complexity index is 624. The molecule has 1 heterocycles. The summed E-state index contributed by atoms with van der Waals surface area (Å²) in [5.74, 6) is -0.964. The number of anilines is 1. The lowest BCUT2D eigenvalue weighted by atomic mass is 10.2. The average Bonchev–Trinajstić information content (AvgIpc) is 2.74. The quantitative estimate of drug-likeness (QED) is 0.844. The van der Waals surface area contributed by atoms with Crippen LogP contribution in [0.5, 0.6) is 0 Å². The van der Waals surface area contributed by atoms with Gasteiger partial charge in [0, 0.05) is 12.6 Å². The summed E-state index contributed by atoms with van der Waals surface area (Å²) in [6, 6.07) is 3.54. The van der Waals surface area contributed by atoms with Gasteiger partial charge >= 0.3 is 5.97 Å². The molecule has 94 valence electrons. The highest BCUT2D eigenvalue weighted by atomic mass is 35.5. The topological polar surface area (TPSA) is 75.1 Å². The lowest BCUT2D eigenvalue weighted by Crippen LogP contribution is -2.05. The second-order valence-electron chi connectivity index (χ2n) is 3.74. The molecule has 18 heavy (non-hydrogen) atoms. The number of halogens is 1. The fourth-order valence-corrected chi connectivity index (χ4v) is 2.25. The van der Waals surface area contributed by atoms with E-state index in [1.165, 1.54) is 0 Å². The molecule has 0 bridgehead atoms. The van der Waals surface area contributed by atoms with Gasteiger partial charge in [0.05, 0.1) is 22.4 Å². The van der Waals surface area contributed by atoms with E-state index in [4.69, 9.17) is 16.7 Å². The number of benzene rings is 1. The Morgan fingerprint density at radius 3 is 3.06 bits per heavy atom. The molecular formula is C11H10ClN3O2S. The lowest BCUT2D eigenvalue weighted by Gasteiger charge is -2.08. The first-order valence-electron chi connectivity index (χ1n) is 5.12. The van der Waals surface area contributed by atoms with E-state index in [9.17, 15) is 4.79 Å². The molecule has 0 amide bonds. The summed E-state index contributed by atoms with van der Waals surface area (Å²) >= 11 is 7.20. The maximum absolute atomic E-state index is 10.5. The Labute approximate surface area is 112 Å². The third-order valence-electron chi connectivity index (χ3n) is 2.29. The number of fused-ring (bicyclic) bond motifs is 1. The van der Waals surface area contributed by atoms with Crippen molar-refractivity contribution < 1.29 is 9.90 Å². The van der Waals surface area contributed by atoms with Crippen LogP contribution in [-0.4, -0.2) is 26.4 Å². The summed E-state index contributed by atoms with van der Waals surface area (Å²) in [5, 5.41) is 12.3. The highest BCUT2D eigenvalue weighted by Crippen LogP contribution is 2.29. The SMILES string of the molecule is C/C(=C/C(=O)O)CNc1c(Cl)ccc2nsnc12. The number of nitrogens with one attached hydrogen (secondary N) is 1. The Balaban J connectivity index is 2.24. The van der Waals surface area contributed by atoms with E-state index < -0.39 is 5.97 Å². The second-order valence-corrected chi connectivity index (χ2v) is 4.67. The Morgan fingerprint density at radius 1 is 1.56 bits per heavy atom. The first-order chi connectivity index (χ1) is 8.58. The van der Waals surface area contributed by atoms with Gasteiger partial charge in [-0.05, 0) is 24.6 Å². The lowest BCUT2D eigenvalue weighted by molar-refractivity contribution is -0.131. The first-order valence-corrected chi connectivity index (χ1v) is 6.23. The summed E-state index contributed by atoms with van der Waals surface area (Å²) in [6.45, 7) is 2.12. The average molecular weight is 284 g/mol. The normalized spacial score (nSPS) is 11.8. The van der Waals surface area contributed by atoms with Crippen molar-refractivity contribution in [2.45, 2.75) is 6.92 Å². The number of aromatic nitrogens is 2. The van der Waals surface area contributed by atoms with E-state index in [0.29, 0.717) is 28.3 Å². The van der Waals surface area contributed by atoms with Gasteiger partial charge < -0.3 is 10.4 Å². The zero-order chi connectivity index (χ0) is 13.1. The predicted molar refractivity (Wildman–Crippen MR) is 72.3 cm³/mol. The summed E-state index contributed by atoms with van der Waals surface area (Å²) in [4.78, 5) is 10.5. The summed E-state index contributed by atoms with van der Waals surface area (Å²) in [6.07, 6.45) is 1.15. The fourth-order valence-electron chi connectivity index (χ4n) is 1.48. The van der Waals surface area contributed by atoms with E-state index in [0.717, 1.165) is 23.3 Å². The van der Waals surface area contributed by atoms with Crippen LogP contribution in [0, 0.1) is 0 Å². The van der Waals surface area contributed by atoms with Crippen LogP contribution in [0.15, 0.2) is 23.8 Å². The van der Waals surface area contributed by atoms with Crippen LogP contribution in [0.25, 0.3) is 11.0 Å². The number of rotatable bonds is 4. The fraction of sp³-hybridized carbons (Fsp3) is 0.182. The van der Waals surface area contributed by atoms with Gasteiger partial charge in [-0.2, -0.15) is 8.75 Å². The number of nitrogens with zero attached hydrogens (tertiary/aromatic N) is 2. The monoisotopic (exact) mass is 283 g/mol. The number of carboxylic acid groups (broad SMARTS) is 1. The zero-order valence-electron chi connectivity index (χ0n) is 9.48. The number of hydrogen-bond acceptors (Lipinski definition) is 5. The molecule has 2 rings (SSSR count). The Morgan fingerprint density at radius 2 is 2.33 bits per heavy atom. The Kier molecular flexibility index (Phi) is 3.78. The van der Waals surface area contributed by atoms with Crippen molar-refractivity contribution in [2.24, 2.45) is 0 Å². The molecule has 0 radical (unpaired) electrons. The van der Waals surface area contributed by atoms with Crippen LogP contribution >= 0.6 is 23.3 Å². The van der Waals surface area contributed by atoms with Gasteiger partial charge in [0.2, 0.25) is 0 Å². The largest absolute Gasteiger partial charge is 0.478 e. The minimum Gasteiger partial charge on any atom is -0.478 e. The van der Waals surface area contributed by atoms with E-state index in [2.05, 4.69) is 14.1 Å². The van der Waals surface area contributed by atoms with Crippen LogP contribution < -0.4 is 5.32 Å². The van der Waals surface area contributed by atoms with Crippen molar-refractivity contribution >= 4 is 46.0 Å². The smallest absolute Gasteiger partial charge is 0.328 e. The molecule has 7 heteroatoms. The van der Waals surface area contributed by atoms with Crippen LogP contribution in [0.3, 0.4) is 0 Å². The molecule has 0 unspecified atom stereocenters. The summed E-state index contributed by atoms with van der Waals surface area (Å²) in [5.41, 5.74) is 2.85. The molecule has 5 nitrogen and oxygen atoms in total. The van der Waals surface area contributed by atoms with Gasteiger partial charge in [0.25, 0.3) is 0 Å². The number of carbonyl (C=O) groups is 1. The van der Waals surface area contributed by atoms with Gasteiger partial charge in [-0.1, -0.05) is 11.6 Å². The third-order valence-corrected chi connectivity index (χ3v) is 3.15. The number of hydrogen-bond donors (Lipinski definition) is 2. The Hall–Kier alpha value is -1.66. The molecule has 0 saturated heterocycles. The highest BCUT2D eigenvalue weighted by Gasteiger charge is 2.09. The molecule has 2 aromatic rings. The van der Waals surface area contributed by atoms with Gasteiger partial charge in [-0.3, -0.25) is 0 Å². The maximum Gasteiger partial charge on any atom is 0.328 e. The zero-order valence-corrected chi connectivity index (χ0v) is 11.0. The first kappa shape index (κ1) is 12.8. The van der Waals surface area contributed by atoms with E-state index in [1.54, 1.807) is 19.1 Å². The molecule has 0 spiro atoms. The third kappa shape index (κ3) is 2.77. The molecule has 0 fully saturated rings. The molecule has 0 aliphatic carbocycles. The van der Waals surface area contributed by atoms with Gasteiger partial charge in [-0.25, -0.2) is 4.79 Å². The molecule has 0 atom stereocenters. The van der Waals surface area contributed by atoms with Crippen molar-refractivity contribution in [3.8, 4) is 0 Å². The number of carboxylic acids is 1. The van der Waals surface area contributed by atoms with Crippen molar-refractivity contribution in [1.29, 1.82) is 0 Å². The molecular weight excluding hydrogens is 274 g/mol. The van der Waals surface area contributed by atoms with Crippen molar-refractivity contribution in [3.63, 3.8) is 0 Å². The molecule has 0 aliphatic heterocycles. The van der Waals surface area contributed by atoms with Crippen LogP contribution in [-0.2, 0) is 4.79 Å². The van der Waals surface area contributed by atoms with Gasteiger partial charge in [0.15, 0.2) is 0 Å². The van der Waals surface area contributed by atoms with Crippen LogP contribution in [0.4, 0.5) is 5.69 Å². The minimum atomic E-state index is -0.964. The number of aliphatic carboxylic acids is 1. The standard InChI is InChI=1S/C11H10ClN3O2S/c1-6(4-9(16)17)5-13-10-7(12)2-3-8-11(10)15-18-14-8/h2-4,13H,5H2,1H3,(H,16,17)/b6-4-. The maximum atomic E-state index is 10.5. The van der Waals surface area contributed by atoms with Crippen molar-refractivity contribution in [3.05, 3.63) is 28.8 Å². The molecule has 1 aromatic carbocycles.